The van der Waals surface area contributed by atoms with Gasteiger partial charge in [-0.1, -0.05) is 35.9 Å². The van der Waals surface area contributed by atoms with E-state index in [4.69, 9.17) is 16.6 Å². The van der Waals surface area contributed by atoms with Gasteiger partial charge in [0.05, 0.1) is 10.5 Å². The monoisotopic (exact) mass is 418 g/mol. The first-order chi connectivity index (χ1) is 14.6. The quantitative estimate of drug-likeness (QED) is 0.621. The van der Waals surface area contributed by atoms with E-state index in [1.54, 1.807) is 6.07 Å². The fraction of sp³-hybridized carbons (Fsp3) is 0.423. The first-order valence-corrected chi connectivity index (χ1v) is 11.6. The molecule has 3 aromatic rings. The van der Waals surface area contributed by atoms with Gasteiger partial charge < -0.3 is 10.0 Å². The third-order valence-electron chi connectivity index (χ3n) is 7.68. The van der Waals surface area contributed by atoms with Crippen molar-refractivity contribution in [2.75, 3.05) is 19.6 Å². The van der Waals surface area contributed by atoms with Gasteiger partial charge in [-0.15, -0.1) is 0 Å². The number of rotatable bonds is 3. The molecule has 6 rings (SSSR count). The van der Waals surface area contributed by atoms with Gasteiger partial charge in [0.1, 0.15) is 5.75 Å². The van der Waals surface area contributed by atoms with Crippen molar-refractivity contribution in [2.24, 2.45) is 11.8 Å². The Balaban J connectivity index is 1.45. The van der Waals surface area contributed by atoms with E-state index in [2.05, 4.69) is 23.1 Å². The molecule has 0 amide bonds. The van der Waals surface area contributed by atoms with Crippen molar-refractivity contribution in [1.29, 1.82) is 0 Å². The van der Waals surface area contributed by atoms with Crippen LogP contribution < -0.4 is 0 Å². The molecule has 0 unspecified atom stereocenters. The number of fused-ring (bicyclic) bond motifs is 3. The number of nitrogens with zero attached hydrogens (tertiary/aromatic N) is 2. The lowest BCUT2D eigenvalue weighted by molar-refractivity contribution is 0.0777. The summed E-state index contributed by atoms with van der Waals surface area (Å²) in [5.41, 5.74) is 4.77. The van der Waals surface area contributed by atoms with Crippen molar-refractivity contribution in [2.45, 2.75) is 37.5 Å². The highest BCUT2D eigenvalue weighted by atomic mass is 35.5. The first kappa shape index (κ1) is 18.7. The molecule has 0 bridgehead atoms. The number of phenolic OH excluding ortho intramolecular Hbond substituents is 1. The molecule has 2 aliphatic carbocycles. The summed E-state index contributed by atoms with van der Waals surface area (Å²) in [5, 5.41) is 12.1. The lowest BCUT2D eigenvalue weighted by Gasteiger charge is -2.51. The molecule has 0 spiro atoms. The number of benzene rings is 2. The number of hydrogen-bond acceptors (Lipinski definition) is 3. The number of phenols is 1. The van der Waals surface area contributed by atoms with Crippen molar-refractivity contribution in [3.05, 3.63) is 70.4 Å². The van der Waals surface area contributed by atoms with Gasteiger partial charge in [0.2, 0.25) is 0 Å². The van der Waals surface area contributed by atoms with Crippen LogP contribution in [0.1, 0.15) is 36.1 Å². The normalized spacial score (nSPS) is 26.4. The van der Waals surface area contributed by atoms with Crippen LogP contribution in [0.3, 0.4) is 0 Å². The average Bonchev–Trinajstić information content (AvgIpc) is 3.55. The van der Waals surface area contributed by atoms with E-state index in [0.717, 1.165) is 54.2 Å². The molecule has 1 saturated carbocycles. The SMILES string of the molecule is Oc1cccc([C@@]23CCN(CC4CC4)C[C@@H]2Cc2cc4cccc(Cl)c4nc2C3)c1. The molecule has 3 nitrogen and oxygen atoms in total. The molecule has 1 aromatic heterocycles. The van der Waals surface area contributed by atoms with E-state index < -0.39 is 0 Å². The maximum atomic E-state index is 10.2. The Morgan fingerprint density at radius 3 is 2.83 bits per heavy atom. The highest BCUT2D eigenvalue weighted by Crippen LogP contribution is 2.49. The predicted molar refractivity (Wildman–Crippen MR) is 121 cm³/mol. The van der Waals surface area contributed by atoms with Gasteiger partial charge in [0.25, 0.3) is 0 Å². The van der Waals surface area contributed by atoms with E-state index in [9.17, 15) is 5.11 Å². The molecular weight excluding hydrogens is 392 g/mol. The number of halogens is 1. The minimum Gasteiger partial charge on any atom is -0.508 e. The van der Waals surface area contributed by atoms with E-state index in [0.29, 0.717) is 11.7 Å². The molecule has 2 atom stereocenters. The van der Waals surface area contributed by atoms with Crippen LogP contribution in [0.25, 0.3) is 10.9 Å². The smallest absolute Gasteiger partial charge is 0.115 e. The van der Waals surface area contributed by atoms with Crippen LogP contribution >= 0.6 is 11.6 Å². The molecule has 2 aromatic carbocycles. The lowest BCUT2D eigenvalue weighted by Crippen LogP contribution is -2.54. The van der Waals surface area contributed by atoms with E-state index in [1.807, 2.05) is 24.3 Å². The van der Waals surface area contributed by atoms with Crippen molar-refractivity contribution in [3.8, 4) is 5.75 Å². The van der Waals surface area contributed by atoms with Gasteiger partial charge >= 0.3 is 0 Å². The van der Waals surface area contributed by atoms with Crippen LogP contribution in [0.15, 0.2) is 48.5 Å². The summed E-state index contributed by atoms with van der Waals surface area (Å²) in [4.78, 5) is 7.76. The number of likely N-dealkylation sites (tertiary alicyclic amines) is 1. The number of para-hydroxylation sites is 1. The number of piperidine rings is 1. The summed E-state index contributed by atoms with van der Waals surface area (Å²) in [5.74, 6) is 1.82. The third kappa shape index (κ3) is 3.11. The van der Waals surface area contributed by atoms with Crippen molar-refractivity contribution in [3.63, 3.8) is 0 Å². The molecule has 3 aliphatic rings. The minimum absolute atomic E-state index is 0.0354. The second-order valence-corrected chi connectivity index (χ2v) is 10.1. The van der Waals surface area contributed by atoms with Crippen molar-refractivity contribution >= 4 is 22.5 Å². The van der Waals surface area contributed by atoms with Crippen LogP contribution in [0.4, 0.5) is 0 Å². The largest absolute Gasteiger partial charge is 0.508 e. The number of pyridine rings is 1. The number of aromatic nitrogens is 1. The van der Waals surface area contributed by atoms with Gasteiger partial charge in [-0.3, -0.25) is 4.98 Å². The van der Waals surface area contributed by atoms with Gasteiger partial charge in [0, 0.05) is 36.0 Å². The Labute approximate surface area is 182 Å². The molecule has 1 saturated heterocycles. The summed E-state index contributed by atoms with van der Waals surface area (Å²) in [7, 11) is 0. The molecule has 2 fully saturated rings. The maximum absolute atomic E-state index is 10.2. The topological polar surface area (TPSA) is 36.4 Å². The van der Waals surface area contributed by atoms with Crippen LogP contribution in [0.5, 0.6) is 5.75 Å². The summed E-state index contributed by atoms with van der Waals surface area (Å²) >= 11 is 6.48. The lowest BCUT2D eigenvalue weighted by atomic mass is 9.58. The summed E-state index contributed by atoms with van der Waals surface area (Å²) in [6.45, 7) is 3.52. The van der Waals surface area contributed by atoms with Crippen LogP contribution in [-0.4, -0.2) is 34.6 Å². The zero-order chi connectivity index (χ0) is 20.3. The Morgan fingerprint density at radius 2 is 2.00 bits per heavy atom. The average molecular weight is 419 g/mol. The second-order valence-electron chi connectivity index (χ2n) is 9.64. The maximum Gasteiger partial charge on any atom is 0.115 e. The van der Waals surface area contributed by atoms with Gasteiger partial charge in [-0.05, 0) is 79.5 Å². The van der Waals surface area contributed by atoms with Gasteiger partial charge in [-0.25, -0.2) is 0 Å². The highest BCUT2D eigenvalue weighted by Gasteiger charge is 2.48. The molecule has 2 heterocycles. The molecule has 0 radical (unpaired) electrons. The second kappa shape index (κ2) is 6.96. The fourth-order valence-electron chi connectivity index (χ4n) is 5.90. The molecule has 154 valence electrons. The Kier molecular flexibility index (Phi) is 4.33. The third-order valence-corrected chi connectivity index (χ3v) is 7.99. The highest BCUT2D eigenvalue weighted by molar-refractivity contribution is 6.35. The zero-order valence-electron chi connectivity index (χ0n) is 17.1. The molecule has 30 heavy (non-hydrogen) atoms. The van der Waals surface area contributed by atoms with Crippen LogP contribution in [-0.2, 0) is 18.3 Å². The number of hydrogen-bond donors (Lipinski definition) is 1. The zero-order valence-corrected chi connectivity index (χ0v) is 17.9. The van der Waals surface area contributed by atoms with Crippen molar-refractivity contribution < 1.29 is 5.11 Å². The van der Waals surface area contributed by atoms with E-state index in [-0.39, 0.29) is 5.41 Å². The predicted octanol–water partition coefficient (Wildman–Crippen LogP) is 5.36. The Bertz CT molecular complexity index is 1130. The first-order valence-electron chi connectivity index (χ1n) is 11.2. The minimum atomic E-state index is 0.0354. The van der Waals surface area contributed by atoms with Crippen molar-refractivity contribution in [1.82, 2.24) is 9.88 Å². The van der Waals surface area contributed by atoms with Gasteiger partial charge in [-0.2, -0.15) is 0 Å². The number of aromatic hydroxyl groups is 1. The summed E-state index contributed by atoms with van der Waals surface area (Å²) in [6, 6.07) is 16.3. The molecule has 1 aliphatic heterocycles. The standard InChI is InChI=1S/C26H27ClN2O/c27-23-6-1-3-18-11-19-12-21-16-29(15-17-7-8-17)10-9-26(21,14-24(19)28-25(18)23)20-4-2-5-22(30)13-20/h1-6,11,13,17,21,30H,7-10,12,14-16H2/t21-,26-/m0/s1. The summed E-state index contributed by atoms with van der Waals surface area (Å²) < 4.78 is 0. The van der Waals surface area contributed by atoms with E-state index in [1.165, 1.54) is 36.2 Å². The van der Waals surface area contributed by atoms with E-state index >= 15 is 0 Å². The summed E-state index contributed by atoms with van der Waals surface area (Å²) in [6.07, 6.45) is 5.89. The molecule has 1 N–H and O–H groups in total. The van der Waals surface area contributed by atoms with Crippen LogP contribution in [0, 0.1) is 11.8 Å². The molecule has 4 heteroatoms. The Morgan fingerprint density at radius 1 is 1.13 bits per heavy atom. The molecular formula is C26H27ClN2O. The fourth-order valence-corrected chi connectivity index (χ4v) is 6.12. The Hall–Kier alpha value is -2.10. The van der Waals surface area contributed by atoms with Crippen LogP contribution in [0.2, 0.25) is 5.02 Å². The van der Waals surface area contributed by atoms with Gasteiger partial charge in [0.15, 0.2) is 0 Å².